The first-order chi connectivity index (χ1) is 9.69. The van der Waals surface area contributed by atoms with Crippen molar-refractivity contribution in [2.75, 3.05) is 52.9 Å². The molecule has 0 bridgehead atoms. The molecular weight excluding hydrogens is 288 g/mol. The number of nitrogens with one attached hydrogen (secondary N) is 1. The molecule has 6 nitrogen and oxygen atoms in total. The van der Waals surface area contributed by atoms with Crippen LogP contribution in [0.4, 0.5) is 0 Å². The quantitative estimate of drug-likeness (QED) is 0.697. The number of piperazine rings is 1. The molecule has 21 heavy (non-hydrogen) atoms. The lowest BCUT2D eigenvalue weighted by Crippen LogP contribution is -2.56. The van der Waals surface area contributed by atoms with E-state index in [1.807, 2.05) is 0 Å². The van der Waals surface area contributed by atoms with E-state index < -0.39 is 10.2 Å². The van der Waals surface area contributed by atoms with Crippen LogP contribution in [0, 0.1) is 0 Å². The third-order valence-electron chi connectivity index (χ3n) is 3.98. The zero-order valence-electron chi connectivity index (χ0n) is 14.2. The summed E-state index contributed by atoms with van der Waals surface area (Å²) in [6.45, 7) is 13.7. The molecule has 0 aliphatic carbocycles. The van der Waals surface area contributed by atoms with Crippen LogP contribution in [0.2, 0.25) is 0 Å². The van der Waals surface area contributed by atoms with Crippen LogP contribution < -0.4 is 5.32 Å². The fraction of sp³-hybridized carbons (Fsp3) is 1.00. The highest BCUT2D eigenvalue weighted by Gasteiger charge is 2.33. The Labute approximate surface area is 130 Å². The number of rotatable bonds is 7. The maximum atomic E-state index is 12.5. The minimum absolute atomic E-state index is 0.105. The monoisotopic (exact) mass is 320 g/mol. The average Bonchev–Trinajstić information content (AvgIpc) is 2.42. The zero-order valence-corrected chi connectivity index (χ0v) is 15.0. The molecule has 1 N–H and O–H groups in total. The molecule has 0 atom stereocenters. The van der Waals surface area contributed by atoms with Gasteiger partial charge in [-0.3, -0.25) is 4.90 Å². The van der Waals surface area contributed by atoms with Crippen LogP contribution >= 0.6 is 0 Å². The Morgan fingerprint density at radius 1 is 1.14 bits per heavy atom. The fourth-order valence-electron chi connectivity index (χ4n) is 2.51. The van der Waals surface area contributed by atoms with Crippen LogP contribution in [0.1, 0.15) is 34.1 Å². The molecule has 1 fully saturated rings. The van der Waals surface area contributed by atoms with E-state index in [4.69, 9.17) is 0 Å². The van der Waals surface area contributed by atoms with Gasteiger partial charge in [0, 0.05) is 45.3 Å². The van der Waals surface area contributed by atoms with Crippen molar-refractivity contribution >= 4 is 10.2 Å². The Hall–Kier alpha value is -0.210. The van der Waals surface area contributed by atoms with Crippen LogP contribution in [0.3, 0.4) is 0 Å². The van der Waals surface area contributed by atoms with Gasteiger partial charge in [-0.1, -0.05) is 6.92 Å². The molecule has 0 radical (unpaired) electrons. The molecule has 0 aromatic carbocycles. The van der Waals surface area contributed by atoms with E-state index in [-0.39, 0.29) is 5.54 Å². The average molecular weight is 321 g/mol. The van der Waals surface area contributed by atoms with E-state index >= 15 is 0 Å². The molecule has 1 aliphatic rings. The maximum absolute atomic E-state index is 12.5. The van der Waals surface area contributed by atoms with Gasteiger partial charge in [-0.2, -0.15) is 17.0 Å². The molecule has 0 amide bonds. The van der Waals surface area contributed by atoms with Gasteiger partial charge in [-0.05, 0) is 40.3 Å². The zero-order chi connectivity index (χ0) is 16.1. The summed E-state index contributed by atoms with van der Waals surface area (Å²) < 4.78 is 28.1. The predicted molar refractivity (Wildman–Crippen MR) is 87.6 cm³/mol. The summed E-state index contributed by atoms with van der Waals surface area (Å²) in [5.74, 6) is 0. The van der Waals surface area contributed by atoms with E-state index in [2.05, 4.69) is 37.9 Å². The van der Waals surface area contributed by atoms with Crippen LogP contribution in [-0.2, 0) is 10.2 Å². The van der Waals surface area contributed by atoms with Crippen molar-refractivity contribution in [3.8, 4) is 0 Å². The molecule has 7 heteroatoms. The highest BCUT2D eigenvalue weighted by Crippen LogP contribution is 2.18. The highest BCUT2D eigenvalue weighted by atomic mass is 32.2. The first kappa shape index (κ1) is 18.8. The highest BCUT2D eigenvalue weighted by molar-refractivity contribution is 7.86. The second-order valence-electron chi connectivity index (χ2n) is 6.59. The fourth-order valence-corrected chi connectivity index (χ4v) is 3.88. The lowest BCUT2D eigenvalue weighted by atomic mass is 10.1. The first-order valence-corrected chi connectivity index (χ1v) is 9.26. The Morgan fingerprint density at radius 3 is 2.19 bits per heavy atom. The number of hydrogen-bond acceptors (Lipinski definition) is 4. The molecule has 0 saturated carbocycles. The molecule has 1 heterocycles. The summed E-state index contributed by atoms with van der Waals surface area (Å²) in [6, 6.07) is 0. The Kier molecular flexibility index (Phi) is 7.06. The number of hydrogen-bond donors (Lipinski definition) is 1. The first-order valence-electron chi connectivity index (χ1n) is 7.86. The van der Waals surface area contributed by atoms with E-state index in [1.165, 1.54) is 4.31 Å². The molecule has 0 aromatic rings. The van der Waals surface area contributed by atoms with Gasteiger partial charge in [0.05, 0.1) is 0 Å². The van der Waals surface area contributed by atoms with Crippen molar-refractivity contribution < 1.29 is 8.42 Å². The standard InChI is InChI=1S/C14H32N4O2S/c1-6-15-8-7-9-16(5)21(19,20)18-12-10-17(11-13-18)14(2,3)4/h15H,6-13H2,1-5H3. The predicted octanol–water partition coefficient (Wildman–Crippen LogP) is 0.579. The normalized spacial score (nSPS) is 19.3. The lowest BCUT2D eigenvalue weighted by Gasteiger charge is -2.42. The smallest absolute Gasteiger partial charge is 0.281 e. The molecule has 0 aromatic heterocycles. The summed E-state index contributed by atoms with van der Waals surface area (Å²) in [7, 11) is -1.63. The van der Waals surface area contributed by atoms with Crippen molar-refractivity contribution in [2.45, 2.75) is 39.7 Å². The summed E-state index contributed by atoms with van der Waals surface area (Å²) in [5, 5.41) is 3.22. The van der Waals surface area contributed by atoms with Crippen molar-refractivity contribution in [2.24, 2.45) is 0 Å². The molecule has 1 saturated heterocycles. The molecule has 0 spiro atoms. The molecule has 126 valence electrons. The lowest BCUT2D eigenvalue weighted by molar-refractivity contribution is 0.0901. The van der Waals surface area contributed by atoms with E-state index in [0.717, 1.165) is 32.6 Å². The van der Waals surface area contributed by atoms with Gasteiger partial charge in [-0.15, -0.1) is 0 Å². The third-order valence-corrected chi connectivity index (χ3v) is 5.97. The summed E-state index contributed by atoms with van der Waals surface area (Å²) in [4.78, 5) is 2.34. The SMILES string of the molecule is CCNCCCN(C)S(=O)(=O)N1CCN(C(C)(C)C)CC1. The van der Waals surface area contributed by atoms with Crippen molar-refractivity contribution in [3.63, 3.8) is 0 Å². The second-order valence-corrected chi connectivity index (χ2v) is 8.63. The Morgan fingerprint density at radius 2 is 1.71 bits per heavy atom. The van der Waals surface area contributed by atoms with Crippen LogP contribution in [0.5, 0.6) is 0 Å². The Balaban J connectivity index is 2.48. The van der Waals surface area contributed by atoms with Crippen molar-refractivity contribution in [3.05, 3.63) is 0 Å². The van der Waals surface area contributed by atoms with Gasteiger partial charge >= 0.3 is 0 Å². The van der Waals surface area contributed by atoms with Gasteiger partial charge < -0.3 is 5.32 Å². The molecular formula is C14H32N4O2S. The molecule has 0 unspecified atom stereocenters. The topological polar surface area (TPSA) is 55.9 Å². The third kappa shape index (κ3) is 5.49. The van der Waals surface area contributed by atoms with Gasteiger partial charge in [0.1, 0.15) is 0 Å². The second kappa shape index (κ2) is 7.87. The van der Waals surface area contributed by atoms with Gasteiger partial charge in [0.25, 0.3) is 10.2 Å². The van der Waals surface area contributed by atoms with Crippen molar-refractivity contribution in [1.82, 2.24) is 18.8 Å². The Bertz CT molecular complexity index is 398. The van der Waals surface area contributed by atoms with E-state index in [9.17, 15) is 8.42 Å². The van der Waals surface area contributed by atoms with Crippen LogP contribution in [0.25, 0.3) is 0 Å². The summed E-state index contributed by atoms with van der Waals surface area (Å²) in [6.07, 6.45) is 0.839. The summed E-state index contributed by atoms with van der Waals surface area (Å²) in [5.41, 5.74) is 0.105. The molecule has 1 aliphatic heterocycles. The summed E-state index contributed by atoms with van der Waals surface area (Å²) >= 11 is 0. The van der Waals surface area contributed by atoms with Gasteiger partial charge in [0.2, 0.25) is 0 Å². The van der Waals surface area contributed by atoms with E-state index in [0.29, 0.717) is 19.6 Å². The minimum Gasteiger partial charge on any atom is -0.317 e. The largest absolute Gasteiger partial charge is 0.317 e. The molecule has 1 rings (SSSR count). The van der Waals surface area contributed by atoms with Crippen molar-refractivity contribution in [1.29, 1.82) is 0 Å². The van der Waals surface area contributed by atoms with E-state index in [1.54, 1.807) is 11.4 Å². The minimum atomic E-state index is -3.31. The van der Waals surface area contributed by atoms with Crippen LogP contribution in [-0.4, -0.2) is 80.3 Å². The van der Waals surface area contributed by atoms with Gasteiger partial charge in [0.15, 0.2) is 0 Å². The number of nitrogens with zero attached hydrogens (tertiary/aromatic N) is 3. The maximum Gasteiger partial charge on any atom is 0.281 e. The van der Waals surface area contributed by atoms with Gasteiger partial charge in [-0.25, -0.2) is 0 Å². The van der Waals surface area contributed by atoms with Crippen LogP contribution in [0.15, 0.2) is 0 Å².